The summed E-state index contributed by atoms with van der Waals surface area (Å²) in [6.45, 7) is 1.98. The Hall–Kier alpha value is -2.30. The summed E-state index contributed by atoms with van der Waals surface area (Å²) in [7, 11) is 3.49. The van der Waals surface area contributed by atoms with E-state index in [1.54, 1.807) is 11.8 Å². The van der Waals surface area contributed by atoms with E-state index >= 15 is 0 Å². The number of carbonyl (C=O) groups is 1. The molecule has 0 saturated heterocycles. The number of benzene rings is 1. The lowest BCUT2D eigenvalue weighted by molar-refractivity contribution is -0.116. The van der Waals surface area contributed by atoms with Gasteiger partial charge in [0.15, 0.2) is 0 Å². The molecule has 0 spiro atoms. The Morgan fingerprint density at radius 1 is 1.45 bits per heavy atom. The normalized spacial score (nSPS) is 17.6. The van der Waals surface area contributed by atoms with Crippen LogP contribution < -0.4 is 10.1 Å². The van der Waals surface area contributed by atoms with E-state index in [0.29, 0.717) is 6.42 Å². The van der Waals surface area contributed by atoms with Crippen molar-refractivity contribution in [2.24, 2.45) is 7.05 Å². The highest BCUT2D eigenvalue weighted by atomic mass is 16.5. The van der Waals surface area contributed by atoms with E-state index in [1.807, 2.05) is 38.2 Å². The quantitative estimate of drug-likeness (QED) is 0.911. The molecule has 1 aromatic heterocycles. The molecule has 0 saturated carbocycles. The summed E-state index contributed by atoms with van der Waals surface area (Å²) >= 11 is 0. The van der Waals surface area contributed by atoms with Crippen LogP contribution in [0.3, 0.4) is 0 Å². The summed E-state index contributed by atoms with van der Waals surface area (Å²) < 4.78 is 7.01. The average Bonchev–Trinajstić information content (AvgIpc) is 2.73. The fraction of sp³-hybridized carbons (Fsp3) is 0.333. The maximum Gasteiger partial charge on any atom is 0.226 e. The van der Waals surface area contributed by atoms with Crippen LogP contribution in [0.1, 0.15) is 29.2 Å². The molecule has 0 radical (unpaired) electrons. The van der Waals surface area contributed by atoms with Crippen LogP contribution in [0, 0.1) is 6.92 Å². The molecular weight excluding hydrogens is 254 g/mol. The van der Waals surface area contributed by atoms with Crippen molar-refractivity contribution >= 4 is 11.7 Å². The number of nitrogens with zero attached hydrogens (tertiary/aromatic N) is 2. The number of nitrogens with one attached hydrogen (secondary N) is 1. The van der Waals surface area contributed by atoms with Crippen molar-refractivity contribution in [1.82, 2.24) is 9.78 Å². The SMILES string of the molecule is COc1cccc(C2CC(=O)Nc3c2c(C)nn3C)c1. The molecule has 1 aliphatic heterocycles. The number of ether oxygens (including phenoxy) is 1. The number of anilines is 1. The van der Waals surface area contributed by atoms with Crippen molar-refractivity contribution in [2.75, 3.05) is 12.4 Å². The number of rotatable bonds is 2. The molecule has 0 fully saturated rings. The van der Waals surface area contributed by atoms with Gasteiger partial charge < -0.3 is 10.1 Å². The van der Waals surface area contributed by atoms with E-state index in [9.17, 15) is 4.79 Å². The van der Waals surface area contributed by atoms with Crippen LogP contribution in [0.4, 0.5) is 5.82 Å². The number of amides is 1. The van der Waals surface area contributed by atoms with Crippen LogP contribution in [0.25, 0.3) is 0 Å². The first-order valence-electron chi connectivity index (χ1n) is 6.57. The molecule has 2 aromatic rings. The minimum Gasteiger partial charge on any atom is -0.497 e. The number of fused-ring (bicyclic) bond motifs is 1. The van der Waals surface area contributed by atoms with Gasteiger partial charge in [-0.3, -0.25) is 9.48 Å². The molecule has 1 aromatic carbocycles. The Kier molecular flexibility index (Phi) is 2.97. The summed E-state index contributed by atoms with van der Waals surface area (Å²) in [5, 5.41) is 7.32. The van der Waals surface area contributed by atoms with Gasteiger partial charge in [0.1, 0.15) is 11.6 Å². The Bertz CT molecular complexity index is 676. The molecule has 104 valence electrons. The molecule has 5 nitrogen and oxygen atoms in total. The number of aryl methyl sites for hydroxylation is 2. The Balaban J connectivity index is 2.12. The molecule has 0 bridgehead atoms. The summed E-state index contributed by atoms with van der Waals surface area (Å²) in [5.41, 5.74) is 3.13. The monoisotopic (exact) mass is 271 g/mol. The number of carbonyl (C=O) groups excluding carboxylic acids is 1. The Morgan fingerprint density at radius 3 is 3.00 bits per heavy atom. The first-order chi connectivity index (χ1) is 9.60. The zero-order valence-corrected chi connectivity index (χ0v) is 11.8. The number of hydrogen-bond acceptors (Lipinski definition) is 3. The second-order valence-electron chi connectivity index (χ2n) is 5.05. The van der Waals surface area contributed by atoms with Gasteiger partial charge in [0.2, 0.25) is 5.91 Å². The van der Waals surface area contributed by atoms with Crippen molar-refractivity contribution in [1.29, 1.82) is 0 Å². The van der Waals surface area contributed by atoms with Crippen LogP contribution in [0.5, 0.6) is 5.75 Å². The minimum absolute atomic E-state index is 0.0216. The number of aromatic nitrogens is 2. The summed E-state index contributed by atoms with van der Waals surface area (Å²) in [5.74, 6) is 1.65. The van der Waals surface area contributed by atoms with Crippen molar-refractivity contribution in [2.45, 2.75) is 19.3 Å². The van der Waals surface area contributed by atoms with Gasteiger partial charge in [0, 0.05) is 24.9 Å². The van der Waals surface area contributed by atoms with Crippen LogP contribution in [0.15, 0.2) is 24.3 Å². The Morgan fingerprint density at radius 2 is 2.25 bits per heavy atom. The third-order valence-corrected chi connectivity index (χ3v) is 3.76. The lowest BCUT2D eigenvalue weighted by Gasteiger charge is -2.24. The van der Waals surface area contributed by atoms with Crippen molar-refractivity contribution in [3.8, 4) is 5.75 Å². The van der Waals surface area contributed by atoms with E-state index in [1.165, 1.54) is 0 Å². The molecular formula is C15H17N3O2. The lowest BCUT2D eigenvalue weighted by atomic mass is 9.86. The molecule has 1 N–H and O–H groups in total. The van der Waals surface area contributed by atoms with Crippen LogP contribution in [-0.4, -0.2) is 22.8 Å². The van der Waals surface area contributed by atoms with Gasteiger partial charge in [0.25, 0.3) is 0 Å². The minimum atomic E-state index is 0.0216. The highest BCUT2D eigenvalue weighted by molar-refractivity contribution is 5.94. The molecule has 5 heteroatoms. The van der Waals surface area contributed by atoms with E-state index in [4.69, 9.17) is 4.74 Å². The van der Waals surface area contributed by atoms with E-state index < -0.39 is 0 Å². The number of methoxy groups -OCH3 is 1. The van der Waals surface area contributed by atoms with Gasteiger partial charge in [-0.15, -0.1) is 0 Å². The summed E-state index contributed by atoms with van der Waals surface area (Å²) in [4.78, 5) is 11.9. The molecule has 1 atom stereocenters. The van der Waals surface area contributed by atoms with Gasteiger partial charge in [-0.05, 0) is 24.6 Å². The molecule has 1 unspecified atom stereocenters. The molecule has 1 aliphatic rings. The largest absolute Gasteiger partial charge is 0.497 e. The molecule has 2 heterocycles. The van der Waals surface area contributed by atoms with E-state index in [2.05, 4.69) is 10.4 Å². The van der Waals surface area contributed by atoms with E-state index in [0.717, 1.165) is 28.4 Å². The van der Waals surface area contributed by atoms with Gasteiger partial charge in [-0.25, -0.2) is 0 Å². The third-order valence-electron chi connectivity index (χ3n) is 3.76. The van der Waals surface area contributed by atoms with Gasteiger partial charge in [0.05, 0.1) is 12.8 Å². The first kappa shape index (κ1) is 12.7. The van der Waals surface area contributed by atoms with Crippen molar-refractivity contribution in [3.05, 3.63) is 41.1 Å². The summed E-state index contributed by atoms with van der Waals surface area (Å²) in [6.07, 6.45) is 0.437. The first-order valence-corrected chi connectivity index (χ1v) is 6.57. The van der Waals surface area contributed by atoms with Gasteiger partial charge in [-0.2, -0.15) is 5.10 Å². The second-order valence-corrected chi connectivity index (χ2v) is 5.05. The van der Waals surface area contributed by atoms with Crippen molar-refractivity contribution < 1.29 is 9.53 Å². The van der Waals surface area contributed by atoms with E-state index in [-0.39, 0.29) is 11.8 Å². The summed E-state index contributed by atoms with van der Waals surface area (Å²) in [6, 6.07) is 7.87. The molecule has 1 amide bonds. The maximum absolute atomic E-state index is 11.9. The van der Waals surface area contributed by atoms with Gasteiger partial charge in [-0.1, -0.05) is 12.1 Å². The zero-order valence-electron chi connectivity index (χ0n) is 11.8. The standard InChI is InChI=1S/C15H17N3O2/c1-9-14-12(10-5-4-6-11(7-10)20-3)8-13(19)16-15(14)18(2)17-9/h4-7,12H,8H2,1-3H3,(H,16,19). The number of hydrogen-bond donors (Lipinski definition) is 1. The smallest absolute Gasteiger partial charge is 0.226 e. The predicted octanol–water partition coefficient (Wildman–Crippen LogP) is 2.21. The maximum atomic E-state index is 11.9. The molecule has 20 heavy (non-hydrogen) atoms. The Labute approximate surface area is 117 Å². The highest BCUT2D eigenvalue weighted by Crippen LogP contribution is 2.39. The molecule has 3 rings (SSSR count). The highest BCUT2D eigenvalue weighted by Gasteiger charge is 2.31. The third kappa shape index (κ3) is 1.95. The van der Waals surface area contributed by atoms with Crippen LogP contribution >= 0.6 is 0 Å². The zero-order chi connectivity index (χ0) is 14.3. The average molecular weight is 271 g/mol. The van der Waals surface area contributed by atoms with Gasteiger partial charge >= 0.3 is 0 Å². The topological polar surface area (TPSA) is 56.1 Å². The lowest BCUT2D eigenvalue weighted by Crippen LogP contribution is -2.24. The fourth-order valence-electron chi connectivity index (χ4n) is 2.85. The predicted molar refractivity (Wildman–Crippen MR) is 76.0 cm³/mol. The second kappa shape index (κ2) is 4.67. The molecule has 0 aliphatic carbocycles. The van der Waals surface area contributed by atoms with Crippen LogP contribution in [-0.2, 0) is 11.8 Å². The van der Waals surface area contributed by atoms with Crippen molar-refractivity contribution in [3.63, 3.8) is 0 Å². The van der Waals surface area contributed by atoms with Crippen LogP contribution in [0.2, 0.25) is 0 Å². The fourth-order valence-corrected chi connectivity index (χ4v) is 2.85.